The van der Waals surface area contributed by atoms with Crippen LogP contribution < -0.4 is 10.2 Å². The number of nitrogens with zero attached hydrogens (tertiary/aromatic N) is 1. The molecule has 0 spiro atoms. The van der Waals surface area contributed by atoms with Crippen LogP contribution in [0.3, 0.4) is 0 Å². The van der Waals surface area contributed by atoms with E-state index in [2.05, 4.69) is 30.7 Å². The Morgan fingerprint density at radius 1 is 1.36 bits per heavy atom. The maximum Gasteiger partial charge on any atom is 0.194 e. The van der Waals surface area contributed by atoms with Gasteiger partial charge < -0.3 is 9.72 Å². The van der Waals surface area contributed by atoms with Gasteiger partial charge in [0.15, 0.2) is 5.43 Å². The molecular formula is C21H30N2O2. The Morgan fingerprint density at radius 2 is 2.16 bits per heavy atom. The molecule has 1 unspecified atom stereocenters. The van der Waals surface area contributed by atoms with E-state index in [1.165, 1.54) is 12.8 Å². The lowest BCUT2D eigenvalue weighted by Gasteiger charge is -2.31. The molecule has 4 nitrogen and oxygen atoms in total. The number of likely N-dealkylation sites (tertiary alicyclic amines) is 1. The van der Waals surface area contributed by atoms with Crippen LogP contribution >= 0.6 is 0 Å². The largest absolute Gasteiger partial charge is 0.493 e. The zero-order chi connectivity index (χ0) is 18.0. The maximum atomic E-state index is 13.1. The van der Waals surface area contributed by atoms with Crippen molar-refractivity contribution in [3.8, 4) is 5.75 Å². The Labute approximate surface area is 150 Å². The molecule has 1 aromatic heterocycles. The van der Waals surface area contributed by atoms with Gasteiger partial charge in [-0.3, -0.25) is 9.69 Å². The van der Waals surface area contributed by atoms with Crippen molar-refractivity contribution in [3.05, 3.63) is 39.7 Å². The fraction of sp³-hybridized carbons (Fsp3) is 0.571. The first kappa shape index (κ1) is 18.0. The van der Waals surface area contributed by atoms with Crippen LogP contribution in [0.15, 0.2) is 23.0 Å². The fourth-order valence-electron chi connectivity index (χ4n) is 3.63. The Kier molecular flexibility index (Phi) is 5.48. The number of fused-ring (bicyclic) bond motifs is 1. The first-order valence-electron chi connectivity index (χ1n) is 9.44. The lowest BCUT2D eigenvalue weighted by atomic mass is 9.99. The zero-order valence-corrected chi connectivity index (χ0v) is 15.9. The molecule has 1 N–H and O–H groups in total. The normalized spacial score (nSPS) is 18.8. The van der Waals surface area contributed by atoms with E-state index in [0.717, 1.165) is 47.5 Å². The van der Waals surface area contributed by atoms with E-state index in [0.29, 0.717) is 18.4 Å². The van der Waals surface area contributed by atoms with Gasteiger partial charge in [-0.25, -0.2) is 0 Å². The van der Waals surface area contributed by atoms with Crippen molar-refractivity contribution in [3.63, 3.8) is 0 Å². The standard InChI is InChI=1S/C21H30N2O2/c1-14(2)13-25-17-7-8-20-18(10-17)21(24)19(16(4)22-20)12-23-9-5-6-15(3)11-23/h7-8,10,14-15H,5-6,9,11-13H2,1-4H3,(H,22,24). The Hall–Kier alpha value is -1.81. The number of aromatic nitrogens is 1. The van der Waals surface area contributed by atoms with Crippen LogP contribution in [-0.4, -0.2) is 29.6 Å². The van der Waals surface area contributed by atoms with Gasteiger partial charge in [0.05, 0.1) is 6.61 Å². The summed E-state index contributed by atoms with van der Waals surface area (Å²) in [6, 6.07) is 5.77. The summed E-state index contributed by atoms with van der Waals surface area (Å²) in [5.41, 5.74) is 2.89. The number of pyridine rings is 1. The first-order chi connectivity index (χ1) is 11.9. The minimum Gasteiger partial charge on any atom is -0.493 e. The third kappa shape index (κ3) is 4.24. The minimum absolute atomic E-state index is 0.138. The molecule has 0 bridgehead atoms. The van der Waals surface area contributed by atoms with E-state index in [9.17, 15) is 4.79 Å². The van der Waals surface area contributed by atoms with Gasteiger partial charge in [-0.2, -0.15) is 0 Å². The summed E-state index contributed by atoms with van der Waals surface area (Å²) in [7, 11) is 0. The molecule has 4 heteroatoms. The highest BCUT2D eigenvalue weighted by Crippen LogP contribution is 2.21. The average molecular weight is 342 g/mol. The fourth-order valence-corrected chi connectivity index (χ4v) is 3.63. The van der Waals surface area contributed by atoms with Gasteiger partial charge in [-0.15, -0.1) is 0 Å². The number of hydrogen-bond donors (Lipinski definition) is 1. The number of ether oxygens (including phenoxy) is 1. The minimum atomic E-state index is 0.138. The van der Waals surface area contributed by atoms with E-state index < -0.39 is 0 Å². The summed E-state index contributed by atoms with van der Waals surface area (Å²) in [5, 5.41) is 0.729. The predicted molar refractivity (Wildman–Crippen MR) is 103 cm³/mol. The molecule has 1 fully saturated rings. The summed E-state index contributed by atoms with van der Waals surface area (Å²) in [6.07, 6.45) is 2.51. The molecule has 1 atom stereocenters. The van der Waals surface area contributed by atoms with Crippen molar-refractivity contribution in [2.45, 2.75) is 47.1 Å². The molecular weight excluding hydrogens is 312 g/mol. The molecule has 1 aliphatic rings. The molecule has 0 aliphatic carbocycles. The van der Waals surface area contributed by atoms with Gasteiger partial charge in [-0.05, 0) is 56.3 Å². The third-order valence-electron chi connectivity index (χ3n) is 4.99. The van der Waals surface area contributed by atoms with Gasteiger partial charge in [0.2, 0.25) is 0 Å². The number of H-pyrrole nitrogens is 1. The topological polar surface area (TPSA) is 45.3 Å². The Morgan fingerprint density at radius 3 is 2.88 bits per heavy atom. The summed E-state index contributed by atoms with van der Waals surface area (Å²) in [5.74, 6) is 1.95. The number of aryl methyl sites for hydroxylation is 1. The molecule has 1 aliphatic heterocycles. The lowest BCUT2D eigenvalue weighted by molar-refractivity contribution is 0.176. The van der Waals surface area contributed by atoms with Crippen molar-refractivity contribution >= 4 is 10.9 Å². The van der Waals surface area contributed by atoms with Gasteiger partial charge >= 0.3 is 0 Å². The maximum absolute atomic E-state index is 13.1. The molecule has 2 aromatic rings. The molecule has 0 radical (unpaired) electrons. The quantitative estimate of drug-likeness (QED) is 0.889. The van der Waals surface area contributed by atoms with Gasteiger partial charge in [0, 0.05) is 35.2 Å². The second-order valence-corrected chi connectivity index (χ2v) is 7.95. The highest BCUT2D eigenvalue weighted by molar-refractivity contribution is 5.81. The summed E-state index contributed by atoms with van der Waals surface area (Å²) in [4.78, 5) is 18.9. The molecule has 1 aromatic carbocycles. The molecule has 3 rings (SSSR count). The van der Waals surface area contributed by atoms with Crippen LogP contribution in [0.4, 0.5) is 0 Å². The number of rotatable bonds is 5. The molecule has 25 heavy (non-hydrogen) atoms. The Bertz CT molecular complexity index is 794. The van der Waals surface area contributed by atoms with E-state index in [4.69, 9.17) is 4.74 Å². The zero-order valence-electron chi connectivity index (χ0n) is 15.9. The first-order valence-corrected chi connectivity index (χ1v) is 9.44. The van der Waals surface area contributed by atoms with Crippen LogP contribution in [0.5, 0.6) is 5.75 Å². The van der Waals surface area contributed by atoms with Crippen LogP contribution in [0.2, 0.25) is 0 Å². The van der Waals surface area contributed by atoms with Crippen molar-refractivity contribution in [1.29, 1.82) is 0 Å². The molecule has 0 saturated carbocycles. The van der Waals surface area contributed by atoms with Crippen LogP contribution in [-0.2, 0) is 6.54 Å². The summed E-state index contributed by atoms with van der Waals surface area (Å²) in [6.45, 7) is 12.1. The van der Waals surface area contributed by atoms with E-state index in [-0.39, 0.29) is 5.43 Å². The average Bonchev–Trinajstić information content (AvgIpc) is 2.57. The van der Waals surface area contributed by atoms with Crippen molar-refractivity contribution in [1.82, 2.24) is 9.88 Å². The highest BCUT2D eigenvalue weighted by atomic mass is 16.5. The molecule has 136 valence electrons. The Balaban J connectivity index is 1.91. The molecule has 2 heterocycles. The molecule has 1 saturated heterocycles. The SMILES string of the molecule is Cc1[nH]c2ccc(OCC(C)C)cc2c(=O)c1CN1CCCC(C)C1. The van der Waals surface area contributed by atoms with Gasteiger partial charge in [-0.1, -0.05) is 20.8 Å². The third-order valence-corrected chi connectivity index (χ3v) is 4.99. The van der Waals surface area contributed by atoms with Crippen molar-refractivity contribution in [2.24, 2.45) is 11.8 Å². The van der Waals surface area contributed by atoms with Crippen molar-refractivity contribution < 1.29 is 4.74 Å². The van der Waals surface area contributed by atoms with Crippen LogP contribution in [0.1, 0.15) is 44.9 Å². The summed E-state index contributed by atoms with van der Waals surface area (Å²) < 4.78 is 5.80. The van der Waals surface area contributed by atoms with Crippen molar-refractivity contribution in [2.75, 3.05) is 19.7 Å². The van der Waals surface area contributed by atoms with Crippen LogP contribution in [0, 0.1) is 18.8 Å². The lowest BCUT2D eigenvalue weighted by Crippen LogP contribution is -2.35. The van der Waals surface area contributed by atoms with E-state index in [1.807, 2.05) is 25.1 Å². The highest BCUT2D eigenvalue weighted by Gasteiger charge is 2.19. The number of piperidine rings is 1. The second kappa shape index (κ2) is 7.61. The monoisotopic (exact) mass is 342 g/mol. The van der Waals surface area contributed by atoms with Gasteiger partial charge in [0.25, 0.3) is 0 Å². The van der Waals surface area contributed by atoms with Gasteiger partial charge in [0.1, 0.15) is 5.75 Å². The predicted octanol–water partition coefficient (Wildman–Crippen LogP) is 4.10. The second-order valence-electron chi connectivity index (χ2n) is 7.95. The van der Waals surface area contributed by atoms with E-state index >= 15 is 0 Å². The number of nitrogens with one attached hydrogen (secondary N) is 1. The smallest absolute Gasteiger partial charge is 0.194 e. The number of aromatic amines is 1. The number of hydrogen-bond acceptors (Lipinski definition) is 3. The summed E-state index contributed by atoms with van der Waals surface area (Å²) >= 11 is 0. The van der Waals surface area contributed by atoms with E-state index in [1.54, 1.807) is 0 Å². The van der Waals surface area contributed by atoms with Crippen LogP contribution in [0.25, 0.3) is 10.9 Å². The molecule has 0 amide bonds. The number of benzene rings is 1.